The predicted octanol–water partition coefficient (Wildman–Crippen LogP) is 3.56. The van der Waals surface area contributed by atoms with Crippen molar-refractivity contribution >= 4 is 29.2 Å². The van der Waals surface area contributed by atoms with Crippen molar-refractivity contribution in [3.8, 4) is 0 Å². The number of hydrogen-bond acceptors (Lipinski definition) is 5. The van der Waals surface area contributed by atoms with Crippen molar-refractivity contribution in [3.63, 3.8) is 0 Å². The third-order valence-electron chi connectivity index (χ3n) is 5.91. The Bertz CT molecular complexity index is 934. The number of piperazine rings is 1. The molecule has 36 heavy (non-hydrogen) atoms. The number of anilines is 1. The van der Waals surface area contributed by atoms with E-state index in [1.807, 2.05) is 31.0 Å². The lowest BCUT2D eigenvalue weighted by molar-refractivity contribution is 0.142. The zero-order chi connectivity index (χ0) is 26.3. The Hall–Kier alpha value is -2.81. The van der Waals surface area contributed by atoms with E-state index in [1.165, 1.54) is 0 Å². The maximum Gasteiger partial charge on any atom is 0.321 e. The van der Waals surface area contributed by atoms with Crippen LogP contribution in [-0.2, 0) is 0 Å². The van der Waals surface area contributed by atoms with Gasteiger partial charge in [-0.15, -0.1) is 0 Å². The molecular weight excluding hydrogens is 474 g/mol. The highest BCUT2D eigenvalue weighted by Gasteiger charge is 2.21. The number of carbonyl (C=O) groups is 1. The first-order chi connectivity index (χ1) is 17.4. The summed E-state index contributed by atoms with van der Waals surface area (Å²) < 4.78 is 0. The number of urea groups is 1. The van der Waals surface area contributed by atoms with Crippen LogP contribution in [0.1, 0.15) is 18.9 Å². The Morgan fingerprint density at radius 1 is 1.22 bits per heavy atom. The minimum Gasteiger partial charge on any atom is -0.388 e. The molecule has 1 aliphatic heterocycles. The summed E-state index contributed by atoms with van der Waals surface area (Å²) in [5.74, 6) is 0.917. The van der Waals surface area contributed by atoms with Gasteiger partial charge in [0, 0.05) is 74.8 Å². The Morgan fingerprint density at radius 3 is 2.58 bits per heavy atom. The molecule has 0 bridgehead atoms. The molecule has 1 aromatic rings. The summed E-state index contributed by atoms with van der Waals surface area (Å²) in [4.78, 5) is 23.9. The van der Waals surface area contributed by atoms with Crippen molar-refractivity contribution in [2.45, 2.75) is 13.3 Å². The number of aliphatic imine (C=N–C) groups is 1. The minimum absolute atomic E-state index is 0.129. The fourth-order valence-corrected chi connectivity index (χ4v) is 3.93. The number of amidine groups is 1. The first-order valence-electron chi connectivity index (χ1n) is 12.5. The van der Waals surface area contributed by atoms with Crippen LogP contribution >= 0.6 is 11.6 Å². The SMILES string of the molecule is C=C/C(=C\C(Cl)=C/C)NC(=O)N1CCN(CCNC(=NCCCN(C)C)c2ccccc2NC)CC1. The summed E-state index contributed by atoms with van der Waals surface area (Å²) in [6, 6.07) is 8.09. The molecule has 3 N–H and O–H groups in total. The number of allylic oxidation sites excluding steroid dienone is 4. The van der Waals surface area contributed by atoms with Crippen molar-refractivity contribution in [3.05, 3.63) is 65.4 Å². The Labute approximate surface area is 221 Å². The summed E-state index contributed by atoms with van der Waals surface area (Å²) in [5.41, 5.74) is 2.73. The second-order valence-electron chi connectivity index (χ2n) is 8.85. The highest BCUT2D eigenvalue weighted by molar-refractivity contribution is 6.31. The Kier molecular flexibility index (Phi) is 13.1. The second kappa shape index (κ2) is 16.0. The average molecular weight is 516 g/mol. The fraction of sp³-hybridized carbons (Fsp3) is 0.481. The smallest absolute Gasteiger partial charge is 0.321 e. The number of nitrogens with one attached hydrogen (secondary N) is 3. The molecule has 0 atom stereocenters. The number of para-hydroxylation sites is 1. The molecule has 198 valence electrons. The van der Waals surface area contributed by atoms with E-state index in [0.29, 0.717) is 23.8 Å². The molecule has 9 heteroatoms. The van der Waals surface area contributed by atoms with E-state index in [2.05, 4.69) is 58.6 Å². The summed E-state index contributed by atoms with van der Waals surface area (Å²) in [6.07, 6.45) is 6.06. The third-order valence-corrected chi connectivity index (χ3v) is 6.23. The van der Waals surface area contributed by atoms with Crippen molar-refractivity contribution in [2.24, 2.45) is 4.99 Å². The van der Waals surface area contributed by atoms with Crippen LogP contribution in [0.25, 0.3) is 0 Å². The monoisotopic (exact) mass is 515 g/mol. The van der Waals surface area contributed by atoms with Gasteiger partial charge in [0.1, 0.15) is 5.84 Å². The molecule has 0 unspecified atom stereocenters. The number of benzene rings is 1. The van der Waals surface area contributed by atoms with E-state index < -0.39 is 0 Å². The molecule has 0 aromatic heterocycles. The quantitative estimate of drug-likeness (QED) is 0.172. The van der Waals surface area contributed by atoms with Gasteiger partial charge in [0.05, 0.1) is 0 Å². The molecule has 1 aromatic carbocycles. The summed E-state index contributed by atoms with van der Waals surface area (Å²) in [7, 11) is 6.09. The van der Waals surface area contributed by atoms with Crippen molar-refractivity contribution in [1.29, 1.82) is 0 Å². The van der Waals surface area contributed by atoms with E-state index in [4.69, 9.17) is 16.6 Å². The van der Waals surface area contributed by atoms with Crippen LogP contribution in [0.4, 0.5) is 10.5 Å². The van der Waals surface area contributed by atoms with Crippen LogP contribution in [0.3, 0.4) is 0 Å². The molecular formula is C27H42ClN7O. The first kappa shape index (κ1) is 29.4. The zero-order valence-electron chi connectivity index (χ0n) is 22.2. The highest BCUT2D eigenvalue weighted by Crippen LogP contribution is 2.15. The van der Waals surface area contributed by atoms with Gasteiger partial charge in [-0.3, -0.25) is 9.89 Å². The van der Waals surface area contributed by atoms with Gasteiger partial charge >= 0.3 is 6.03 Å². The minimum atomic E-state index is -0.129. The summed E-state index contributed by atoms with van der Waals surface area (Å²) in [6.45, 7) is 12.0. The van der Waals surface area contributed by atoms with E-state index in [-0.39, 0.29) is 6.03 Å². The molecule has 1 fully saturated rings. The van der Waals surface area contributed by atoms with Crippen molar-refractivity contribution in [1.82, 2.24) is 25.3 Å². The lowest BCUT2D eigenvalue weighted by Gasteiger charge is -2.34. The molecule has 0 aliphatic carbocycles. The van der Waals surface area contributed by atoms with Gasteiger partial charge in [0.25, 0.3) is 0 Å². The average Bonchev–Trinajstić information content (AvgIpc) is 2.89. The number of nitrogens with zero attached hydrogens (tertiary/aromatic N) is 4. The molecule has 0 radical (unpaired) electrons. The van der Waals surface area contributed by atoms with Crippen LogP contribution in [0.2, 0.25) is 0 Å². The number of hydrogen-bond donors (Lipinski definition) is 3. The fourth-order valence-electron chi connectivity index (χ4n) is 3.81. The van der Waals surface area contributed by atoms with Crippen LogP contribution in [0.5, 0.6) is 0 Å². The lowest BCUT2D eigenvalue weighted by atomic mass is 10.1. The van der Waals surface area contributed by atoms with Crippen LogP contribution < -0.4 is 16.0 Å². The summed E-state index contributed by atoms with van der Waals surface area (Å²) in [5, 5.41) is 10.3. The normalized spacial score (nSPS) is 15.7. The number of rotatable bonds is 12. The molecule has 8 nitrogen and oxygen atoms in total. The van der Waals surface area contributed by atoms with E-state index in [1.54, 1.807) is 18.2 Å². The van der Waals surface area contributed by atoms with Gasteiger partial charge in [-0.25, -0.2) is 4.79 Å². The highest BCUT2D eigenvalue weighted by atomic mass is 35.5. The molecule has 2 rings (SSSR count). The van der Waals surface area contributed by atoms with Gasteiger partial charge in [-0.05, 0) is 58.3 Å². The number of halogens is 1. The molecule has 0 saturated carbocycles. The van der Waals surface area contributed by atoms with E-state index in [9.17, 15) is 4.79 Å². The van der Waals surface area contributed by atoms with Gasteiger partial charge in [-0.2, -0.15) is 0 Å². The van der Waals surface area contributed by atoms with Crippen molar-refractivity contribution < 1.29 is 4.79 Å². The lowest BCUT2D eigenvalue weighted by Crippen LogP contribution is -2.52. The third kappa shape index (κ3) is 10.0. The van der Waals surface area contributed by atoms with Gasteiger partial charge in [-0.1, -0.05) is 36.4 Å². The summed E-state index contributed by atoms with van der Waals surface area (Å²) >= 11 is 6.05. The molecule has 1 heterocycles. The van der Waals surface area contributed by atoms with E-state index in [0.717, 1.165) is 62.8 Å². The van der Waals surface area contributed by atoms with Crippen LogP contribution in [-0.4, -0.2) is 100 Å². The van der Waals surface area contributed by atoms with Gasteiger partial charge in [0.15, 0.2) is 0 Å². The van der Waals surface area contributed by atoms with Crippen molar-refractivity contribution in [2.75, 3.05) is 78.8 Å². The zero-order valence-corrected chi connectivity index (χ0v) is 22.9. The number of amides is 2. The Morgan fingerprint density at radius 2 is 1.94 bits per heavy atom. The number of carbonyl (C=O) groups excluding carboxylic acids is 1. The van der Waals surface area contributed by atoms with Gasteiger partial charge in [0.2, 0.25) is 0 Å². The van der Waals surface area contributed by atoms with E-state index >= 15 is 0 Å². The predicted molar refractivity (Wildman–Crippen MR) is 153 cm³/mol. The molecule has 2 amide bonds. The second-order valence-corrected chi connectivity index (χ2v) is 9.28. The molecule has 1 saturated heterocycles. The Balaban J connectivity index is 1.88. The topological polar surface area (TPSA) is 75.2 Å². The molecule has 0 spiro atoms. The largest absolute Gasteiger partial charge is 0.388 e. The van der Waals surface area contributed by atoms with Gasteiger partial charge < -0.3 is 25.8 Å². The van der Waals surface area contributed by atoms with Crippen LogP contribution in [0, 0.1) is 0 Å². The standard InChI is InChI=1S/C27H42ClN7O/c1-6-22(28)21-23(7-2)32-27(36)35-19-17-34(18-20-35)16-14-31-26(30-13-10-15-33(4)5)24-11-8-9-12-25(24)29-3/h6-9,11-12,21,29H,2,10,13-20H2,1,3-5H3,(H,30,31)(H,32,36)/b22-6+,23-21+. The molecule has 1 aliphatic rings. The maximum absolute atomic E-state index is 12.6. The van der Waals surface area contributed by atoms with Crippen LogP contribution in [0.15, 0.2) is 64.8 Å². The first-order valence-corrected chi connectivity index (χ1v) is 12.9. The maximum atomic E-state index is 12.6.